The second-order valence-electron chi connectivity index (χ2n) is 2.96. The molecular formula is C10H5Cl2NO2. The number of nitrogens with zero attached hydrogens (tertiary/aromatic N) is 1. The minimum atomic E-state index is -1.04. The minimum Gasteiger partial charge on any atom is -0.478 e. The number of hydrogen-bond donors (Lipinski definition) is 1. The van der Waals surface area contributed by atoms with Crippen molar-refractivity contribution in [1.29, 1.82) is 0 Å². The van der Waals surface area contributed by atoms with Gasteiger partial charge in [0.15, 0.2) is 0 Å². The van der Waals surface area contributed by atoms with Gasteiger partial charge in [-0.1, -0.05) is 29.3 Å². The normalized spacial score (nSPS) is 10.5. The highest BCUT2D eigenvalue weighted by molar-refractivity contribution is 6.32. The average molecular weight is 242 g/mol. The summed E-state index contributed by atoms with van der Waals surface area (Å²) < 4.78 is 0. The Morgan fingerprint density at radius 2 is 2.00 bits per heavy atom. The molecule has 0 amide bonds. The lowest BCUT2D eigenvalue weighted by molar-refractivity contribution is 0.0699. The van der Waals surface area contributed by atoms with Gasteiger partial charge in [-0.05, 0) is 18.2 Å². The number of carboxylic acid groups (broad SMARTS) is 1. The Balaban J connectivity index is 2.86. The summed E-state index contributed by atoms with van der Waals surface area (Å²) in [6, 6.07) is 6.13. The van der Waals surface area contributed by atoms with Crippen molar-refractivity contribution in [3.05, 3.63) is 40.0 Å². The Morgan fingerprint density at radius 3 is 2.67 bits per heavy atom. The summed E-state index contributed by atoms with van der Waals surface area (Å²) in [5.74, 6) is -1.04. The number of aromatic carboxylic acids is 1. The first kappa shape index (κ1) is 10.2. The van der Waals surface area contributed by atoms with Crippen molar-refractivity contribution >= 4 is 40.1 Å². The number of rotatable bonds is 1. The Bertz CT molecular complexity index is 549. The van der Waals surface area contributed by atoms with E-state index in [1.165, 1.54) is 6.07 Å². The van der Waals surface area contributed by atoms with Gasteiger partial charge in [0.25, 0.3) is 0 Å². The van der Waals surface area contributed by atoms with Crippen LogP contribution in [0.5, 0.6) is 0 Å². The zero-order valence-corrected chi connectivity index (χ0v) is 8.88. The van der Waals surface area contributed by atoms with Crippen molar-refractivity contribution in [3.63, 3.8) is 0 Å². The molecule has 15 heavy (non-hydrogen) atoms. The molecule has 1 N–H and O–H groups in total. The third-order valence-electron chi connectivity index (χ3n) is 1.97. The van der Waals surface area contributed by atoms with E-state index in [0.29, 0.717) is 15.9 Å². The third kappa shape index (κ3) is 1.89. The van der Waals surface area contributed by atoms with Gasteiger partial charge in [0.05, 0.1) is 11.1 Å². The standard InChI is InChI=1S/C10H5Cl2NO2/c11-5-1-2-6-7(10(14)15)4-9(12)13-8(6)3-5/h1-4H,(H,14,15). The molecule has 76 valence electrons. The van der Waals surface area contributed by atoms with E-state index in [9.17, 15) is 4.79 Å². The molecule has 0 unspecified atom stereocenters. The van der Waals surface area contributed by atoms with Crippen molar-refractivity contribution in [2.24, 2.45) is 0 Å². The van der Waals surface area contributed by atoms with E-state index in [4.69, 9.17) is 28.3 Å². The van der Waals surface area contributed by atoms with E-state index in [1.807, 2.05) is 0 Å². The molecule has 0 bridgehead atoms. The molecule has 0 atom stereocenters. The van der Waals surface area contributed by atoms with E-state index >= 15 is 0 Å². The van der Waals surface area contributed by atoms with Crippen LogP contribution in [-0.4, -0.2) is 16.1 Å². The van der Waals surface area contributed by atoms with Crippen molar-refractivity contribution in [3.8, 4) is 0 Å². The molecule has 0 aliphatic carbocycles. The Labute approximate surface area is 95.3 Å². The van der Waals surface area contributed by atoms with E-state index in [0.717, 1.165) is 0 Å². The van der Waals surface area contributed by atoms with Crippen LogP contribution in [0.2, 0.25) is 10.2 Å². The average Bonchev–Trinajstić information content (AvgIpc) is 2.15. The van der Waals surface area contributed by atoms with Gasteiger partial charge in [0, 0.05) is 10.4 Å². The fourth-order valence-corrected chi connectivity index (χ4v) is 1.71. The summed E-state index contributed by atoms with van der Waals surface area (Å²) in [6.45, 7) is 0. The van der Waals surface area contributed by atoms with Crippen LogP contribution in [0.25, 0.3) is 10.9 Å². The van der Waals surface area contributed by atoms with Gasteiger partial charge in [-0.3, -0.25) is 0 Å². The summed E-state index contributed by atoms with van der Waals surface area (Å²) in [7, 11) is 0. The van der Waals surface area contributed by atoms with Gasteiger partial charge < -0.3 is 5.11 Å². The van der Waals surface area contributed by atoms with Crippen LogP contribution in [-0.2, 0) is 0 Å². The fourth-order valence-electron chi connectivity index (χ4n) is 1.35. The molecular weight excluding hydrogens is 237 g/mol. The first-order valence-corrected chi connectivity index (χ1v) is 4.82. The predicted molar refractivity (Wildman–Crippen MR) is 58.7 cm³/mol. The molecule has 0 spiro atoms. The maximum absolute atomic E-state index is 10.9. The predicted octanol–water partition coefficient (Wildman–Crippen LogP) is 3.24. The van der Waals surface area contributed by atoms with Crippen LogP contribution in [0.4, 0.5) is 0 Å². The van der Waals surface area contributed by atoms with Crippen LogP contribution in [0.1, 0.15) is 10.4 Å². The minimum absolute atomic E-state index is 0.127. The highest BCUT2D eigenvalue weighted by atomic mass is 35.5. The van der Waals surface area contributed by atoms with Crippen LogP contribution in [0.3, 0.4) is 0 Å². The monoisotopic (exact) mass is 241 g/mol. The van der Waals surface area contributed by atoms with E-state index in [1.54, 1.807) is 18.2 Å². The van der Waals surface area contributed by atoms with Gasteiger partial charge in [0.1, 0.15) is 5.15 Å². The summed E-state index contributed by atoms with van der Waals surface area (Å²) in [4.78, 5) is 14.9. The van der Waals surface area contributed by atoms with E-state index in [-0.39, 0.29) is 10.7 Å². The lowest BCUT2D eigenvalue weighted by atomic mass is 10.1. The highest BCUT2D eigenvalue weighted by Crippen LogP contribution is 2.23. The number of hydrogen-bond acceptors (Lipinski definition) is 2. The second-order valence-corrected chi connectivity index (χ2v) is 3.78. The summed E-state index contributed by atoms with van der Waals surface area (Å²) in [5, 5.41) is 10.1. The number of fused-ring (bicyclic) bond motifs is 1. The van der Waals surface area contributed by atoms with Crippen molar-refractivity contribution in [1.82, 2.24) is 4.98 Å². The van der Waals surface area contributed by atoms with Gasteiger partial charge in [-0.25, -0.2) is 9.78 Å². The number of pyridine rings is 1. The molecule has 0 fully saturated rings. The molecule has 0 aliphatic rings. The Kier molecular flexibility index (Phi) is 2.50. The molecule has 0 saturated heterocycles. The largest absolute Gasteiger partial charge is 0.478 e. The quantitative estimate of drug-likeness (QED) is 0.781. The molecule has 1 heterocycles. The maximum Gasteiger partial charge on any atom is 0.336 e. The third-order valence-corrected chi connectivity index (χ3v) is 2.40. The molecule has 2 rings (SSSR count). The number of halogens is 2. The fraction of sp³-hybridized carbons (Fsp3) is 0. The zero-order valence-electron chi connectivity index (χ0n) is 7.37. The number of carboxylic acids is 1. The molecule has 3 nitrogen and oxygen atoms in total. The lowest BCUT2D eigenvalue weighted by Gasteiger charge is -2.03. The molecule has 0 aliphatic heterocycles. The van der Waals surface area contributed by atoms with Gasteiger partial charge in [-0.2, -0.15) is 0 Å². The highest BCUT2D eigenvalue weighted by Gasteiger charge is 2.11. The van der Waals surface area contributed by atoms with Gasteiger partial charge in [0.2, 0.25) is 0 Å². The van der Waals surface area contributed by atoms with Crippen molar-refractivity contribution in [2.75, 3.05) is 0 Å². The number of benzene rings is 1. The summed E-state index contributed by atoms with van der Waals surface area (Å²) in [5.41, 5.74) is 0.606. The Hall–Kier alpha value is -1.32. The van der Waals surface area contributed by atoms with E-state index < -0.39 is 5.97 Å². The van der Waals surface area contributed by atoms with Gasteiger partial charge >= 0.3 is 5.97 Å². The van der Waals surface area contributed by atoms with Crippen molar-refractivity contribution in [2.45, 2.75) is 0 Å². The van der Waals surface area contributed by atoms with Crippen LogP contribution in [0.15, 0.2) is 24.3 Å². The number of carbonyl (C=O) groups is 1. The summed E-state index contributed by atoms with van der Waals surface area (Å²) in [6.07, 6.45) is 0. The SMILES string of the molecule is O=C(O)c1cc(Cl)nc2cc(Cl)ccc12. The summed E-state index contributed by atoms with van der Waals surface area (Å²) >= 11 is 11.5. The van der Waals surface area contributed by atoms with Gasteiger partial charge in [-0.15, -0.1) is 0 Å². The second kappa shape index (κ2) is 3.68. The van der Waals surface area contributed by atoms with E-state index in [2.05, 4.69) is 4.98 Å². The van der Waals surface area contributed by atoms with Crippen LogP contribution in [0, 0.1) is 0 Å². The first-order valence-electron chi connectivity index (χ1n) is 4.07. The van der Waals surface area contributed by atoms with Crippen LogP contribution >= 0.6 is 23.2 Å². The zero-order chi connectivity index (χ0) is 11.0. The molecule has 1 aromatic carbocycles. The van der Waals surface area contributed by atoms with Crippen LogP contribution < -0.4 is 0 Å². The molecule has 5 heteroatoms. The maximum atomic E-state index is 10.9. The number of aromatic nitrogens is 1. The molecule has 0 radical (unpaired) electrons. The Morgan fingerprint density at radius 1 is 1.27 bits per heavy atom. The molecule has 0 saturated carbocycles. The lowest BCUT2D eigenvalue weighted by Crippen LogP contribution is -1.98. The first-order chi connectivity index (χ1) is 7.08. The van der Waals surface area contributed by atoms with Crippen molar-refractivity contribution < 1.29 is 9.90 Å². The molecule has 1 aromatic heterocycles. The molecule has 2 aromatic rings. The smallest absolute Gasteiger partial charge is 0.336 e. The topological polar surface area (TPSA) is 50.2 Å².